The van der Waals surface area contributed by atoms with Gasteiger partial charge in [-0.25, -0.2) is 4.79 Å². The fraction of sp³-hybridized carbons (Fsp3) is 0.500. The molecule has 32 heavy (non-hydrogen) atoms. The van der Waals surface area contributed by atoms with E-state index in [9.17, 15) is 19.2 Å². The van der Waals surface area contributed by atoms with Gasteiger partial charge in [0.05, 0.1) is 6.42 Å². The lowest BCUT2D eigenvalue weighted by Gasteiger charge is -2.09. The van der Waals surface area contributed by atoms with Gasteiger partial charge in [-0.1, -0.05) is 54.0 Å². The Morgan fingerprint density at radius 1 is 0.969 bits per heavy atom. The van der Waals surface area contributed by atoms with Crippen LogP contribution in [-0.4, -0.2) is 21.5 Å². The third-order valence-corrected chi connectivity index (χ3v) is 3.65. The summed E-state index contributed by atoms with van der Waals surface area (Å²) in [4.78, 5) is 48.4. The Morgan fingerprint density at radius 3 is 2.00 bits per heavy atom. The third kappa shape index (κ3) is 12.5. The topological polar surface area (TPSA) is 107 Å². The molecule has 0 amide bonds. The van der Waals surface area contributed by atoms with Gasteiger partial charge in [0.25, 0.3) is 5.56 Å². The van der Waals surface area contributed by atoms with Crippen molar-refractivity contribution in [2.75, 3.05) is 0 Å². The Morgan fingerprint density at radius 2 is 1.50 bits per heavy atom. The summed E-state index contributed by atoms with van der Waals surface area (Å²) < 4.78 is 11.6. The second-order valence-electron chi connectivity index (χ2n) is 7.12. The molecule has 0 saturated carbocycles. The van der Waals surface area contributed by atoms with Crippen LogP contribution in [0, 0.1) is 5.92 Å². The van der Waals surface area contributed by atoms with E-state index >= 15 is 0 Å². The van der Waals surface area contributed by atoms with Crippen LogP contribution < -0.4 is 20.7 Å². The molecule has 0 aliphatic carbocycles. The smallest absolute Gasteiger partial charge is 0.328 e. The van der Waals surface area contributed by atoms with E-state index in [1.807, 2.05) is 27.7 Å². The summed E-state index contributed by atoms with van der Waals surface area (Å²) >= 11 is 0. The lowest BCUT2D eigenvalue weighted by atomic mass is 10.1. The first-order valence-corrected chi connectivity index (χ1v) is 11.1. The van der Waals surface area contributed by atoms with Crippen LogP contribution in [0.1, 0.15) is 67.2 Å². The molecular formula is C24H36N2O6. The number of aryl methyl sites for hydroxylation is 1. The lowest BCUT2D eigenvalue weighted by Crippen LogP contribution is -2.29. The van der Waals surface area contributed by atoms with Gasteiger partial charge in [-0.15, -0.1) is 0 Å². The number of hydrogen-bond acceptors (Lipinski definition) is 6. The molecule has 8 heteroatoms. The molecule has 0 aliphatic rings. The second kappa shape index (κ2) is 16.5. The van der Waals surface area contributed by atoms with Crippen molar-refractivity contribution < 1.29 is 19.1 Å². The van der Waals surface area contributed by atoms with Gasteiger partial charge in [-0.3, -0.25) is 19.4 Å². The van der Waals surface area contributed by atoms with E-state index in [1.165, 1.54) is 29.3 Å². The fourth-order valence-corrected chi connectivity index (χ4v) is 2.20. The predicted octanol–water partition coefficient (Wildman–Crippen LogP) is 4.32. The molecule has 0 atom stereocenters. The number of H-pyrrole nitrogens is 1. The highest BCUT2D eigenvalue weighted by atomic mass is 16.5. The zero-order valence-electron chi connectivity index (χ0n) is 20.0. The number of benzene rings is 1. The van der Waals surface area contributed by atoms with Crippen molar-refractivity contribution in [1.29, 1.82) is 0 Å². The van der Waals surface area contributed by atoms with Crippen LogP contribution in [0.5, 0.6) is 11.5 Å². The molecule has 1 N–H and O–H groups in total. The zero-order valence-corrected chi connectivity index (χ0v) is 20.0. The first-order chi connectivity index (χ1) is 15.2. The molecule has 0 fully saturated rings. The summed E-state index contributed by atoms with van der Waals surface area (Å²) in [7, 11) is 0. The molecule has 0 spiro atoms. The first-order valence-electron chi connectivity index (χ1n) is 11.1. The SMILES string of the molecule is CC.CC(C)CCC(=O)Oc1cccc(OC(=O)CCn2ccc(=O)[nH]c2=O)c1.CCC. The van der Waals surface area contributed by atoms with Gasteiger partial charge in [0.2, 0.25) is 0 Å². The Labute approximate surface area is 189 Å². The number of nitrogens with one attached hydrogen (secondary N) is 1. The number of carbonyl (C=O) groups excluding carboxylic acids is 2. The van der Waals surface area contributed by atoms with Crippen molar-refractivity contribution in [3.8, 4) is 11.5 Å². The molecule has 178 valence electrons. The highest BCUT2D eigenvalue weighted by Crippen LogP contribution is 2.20. The monoisotopic (exact) mass is 448 g/mol. The summed E-state index contributed by atoms with van der Waals surface area (Å²) in [6, 6.07) is 7.43. The van der Waals surface area contributed by atoms with Gasteiger partial charge in [0.15, 0.2) is 0 Å². The van der Waals surface area contributed by atoms with E-state index in [0.29, 0.717) is 18.1 Å². The Bertz CT molecular complexity index is 930. The summed E-state index contributed by atoms with van der Waals surface area (Å²) in [5.74, 6) is 0.0367. The number of esters is 2. The van der Waals surface area contributed by atoms with Gasteiger partial charge >= 0.3 is 17.6 Å². The van der Waals surface area contributed by atoms with Crippen molar-refractivity contribution >= 4 is 11.9 Å². The predicted molar refractivity (Wildman–Crippen MR) is 125 cm³/mol. The minimum atomic E-state index is -0.592. The maximum Gasteiger partial charge on any atom is 0.328 e. The molecule has 8 nitrogen and oxygen atoms in total. The summed E-state index contributed by atoms with van der Waals surface area (Å²) in [6.45, 7) is 12.4. The number of aromatic nitrogens is 2. The lowest BCUT2D eigenvalue weighted by molar-refractivity contribution is -0.135. The van der Waals surface area contributed by atoms with Gasteiger partial charge in [-0.2, -0.15) is 0 Å². The Balaban J connectivity index is 0.00000177. The van der Waals surface area contributed by atoms with E-state index < -0.39 is 17.2 Å². The van der Waals surface area contributed by atoms with Crippen molar-refractivity contribution in [2.24, 2.45) is 5.92 Å². The minimum Gasteiger partial charge on any atom is -0.426 e. The van der Waals surface area contributed by atoms with Crippen molar-refractivity contribution in [1.82, 2.24) is 9.55 Å². The van der Waals surface area contributed by atoms with Gasteiger partial charge < -0.3 is 14.0 Å². The third-order valence-electron chi connectivity index (χ3n) is 3.65. The number of nitrogens with zero attached hydrogens (tertiary/aromatic N) is 1. The van der Waals surface area contributed by atoms with Crippen LogP contribution >= 0.6 is 0 Å². The van der Waals surface area contributed by atoms with E-state index in [1.54, 1.807) is 18.2 Å². The number of hydrogen-bond donors (Lipinski definition) is 1. The summed E-state index contributed by atoms with van der Waals surface area (Å²) in [5.41, 5.74) is -1.09. The van der Waals surface area contributed by atoms with Crippen LogP contribution in [0.3, 0.4) is 0 Å². The zero-order chi connectivity index (χ0) is 24.5. The Kier molecular flexibility index (Phi) is 14.9. The normalized spacial score (nSPS) is 9.72. The number of ether oxygens (including phenoxy) is 2. The second-order valence-corrected chi connectivity index (χ2v) is 7.12. The molecule has 2 rings (SSSR count). The molecular weight excluding hydrogens is 412 g/mol. The first kappa shape index (κ1) is 28.8. The maximum absolute atomic E-state index is 12.0. The molecule has 0 unspecified atom stereocenters. The van der Waals surface area contributed by atoms with Crippen LogP contribution in [0.15, 0.2) is 46.1 Å². The number of rotatable bonds is 8. The molecule has 1 aromatic heterocycles. The molecule has 2 aromatic rings. The van der Waals surface area contributed by atoms with Crippen LogP contribution in [-0.2, 0) is 16.1 Å². The van der Waals surface area contributed by atoms with E-state index in [2.05, 4.69) is 18.8 Å². The van der Waals surface area contributed by atoms with E-state index in [4.69, 9.17) is 9.47 Å². The summed E-state index contributed by atoms with van der Waals surface area (Å²) in [6.07, 6.45) is 3.54. The molecule has 0 bridgehead atoms. The fourth-order valence-electron chi connectivity index (χ4n) is 2.20. The average Bonchev–Trinajstić information content (AvgIpc) is 2.74. The standard InChI is InChI=1S/C19H22N2O6.C3H8.C2H6/c1-13(2)6-7-17(23)26-14-4-3-5-15(12-14)27-18(24)9-11-21-10-8-16(22)20-19(21)25;1-3-2;1-2/h3-5,8,10,12-13H,6-7,9,11H2,1-2H3,(H,20,22,25);3H2,1-2H3;1-2H3. The van der Waals surface area contributed by atoms with E-state index in [-0.39, 0.29) is 24.7 Å². The molecule has 0 radical (unpaired) electrons. The highest BCUT2D eigenvalue weighted by molar-refractivity contribution is 5.74. The largest absolute Gasteiger partial charge is 0.426 e. The van der Waals surface area contributed by atoms with Crippen molar-refractivity contribution in [2.45, 2.75) is 73.8 Å². The van der Waals surface area contributed by atoms with Crippen LogP contribution in [0.4, 0.5) is 0 Å². The van der Waals surface area contributed by atoms with Crippen molar-refractivity contribution in [3.05, 3.63) is 57.4 Å². The van der Waals surface area contributed by atoms with Crippen LogP contribution in [0.25, 0.3) is 0 Å². The molecule has 0 aliphatic heterocycles. The van der Waals surface area contributed by atoms with Gasteiger partial charge in [0.1, 0.15) is 11.5 Å². The average molecular weight is 449 g/mol. The quantitative estimate of drug-likeness (QED) is 0.476. The minimum absolute atomic E-state index is 0.0651. The molecule has 1 aromatic carbocycles. The summed E-state index contributed by atoms with van der Waals surface area (Å²) in [5, 5.41) is 0. The molecule has 0 saturated heterocycles. The van der Waals surface area contributed by atoms with Gasteiger partial charge in [0, 0.05) is 31.3 Å². The van der Waals surface area contributed by atoms with Gasteiger partial charge in [-0.05, 0) is 24.5 Å². The van der Waals surface area contributed by atoms with E-state index in [0.717, 1.165) is 6.42 Å². The Hall–Kier alpha value is -3.16. The molecule has 1 heterocycles. The van der Waals surface area contributed by atoms with Crippen molar-refractivity contribution in [3.63, 3.8) is 0 Å². The van der Waals surface area contributed by atoms with Crippen LogP contribution in [0.2, 0.25) is 0 Å². The highest BCUT2D eigenvalue weighted by Gasteiger charge is 2.10. The number of carbonyl (C=O) groups is 2. The number of aromatic amines is 1. The maximum atomic E-state index is 12.0.